The molecule has 3 aromatic carbocycles. The number of benzene rings is 3. The third-order valence-electron chi connectivity index (χ3n) is 4.33. The molecule has 0 saturated carbocycles. The molecule has 0 atom stereocenters. The summed E-state index contributed by atoms with van der Waals surface area (Å²) in [5, 5.41) is 11.9. The first-order valence-electron chi connectivity index (χ1n) is 9.48. The summed E-state index contributed by atoms with van der Waals surface area (Å²) < 4.78 is 5.79. The molecule has 0 heterocycles. The first-order valence-corrected chi connectivity index (χ1v) is 10.3. The lowest BCUT2D eigenvalue weighted by Gasteiger charge is -2.13. The molecule has 31 heavy (non-hydrogen) atoms. The summed E-state index contributed by atoms with van der Waals surface area (Å²) in [7, 11) is 3.36. The number of nitrogens with one attached hydrogen (secondary N) is 1. The number of nitrogens with zero attached hydrogens (tertiary/aromatic N) is 2. The van der Waals surface area contributed by atoms with Crippen molar-refractivity contribution in [2.45, 2.75) is 11.5 Å². The SMILES string of the molecule is CN(C)C(=O)Sc1ccccc1NC(=O)c1cccc(OCc2ccccc2C#N)c1. The largest absolute Gasteiger partial charge is 0.489 e. The molecule has 3 aromatic rings. The summed E-state index contributed by atoms with van der Waals surface area (Å²) in [6.07, 6.45) is 0. The highest BCUT2D eigenvalue weighted by atomic mass is 32.2. The van der Waals surface area contributed by atoms with Crippen molar-refractivity contribution in [1.82, 2.24) is 4.90 Å². The summed E-state index contributed by atoms with van der Waals surface area (Å²) in [5.41, 5.74) is 2.31. The van der Waals surface area contributed by atoms with Gasteiger partial charge in [0.25, 0.3) is 11.1 Å². The van der Waals surface area contributed by atoms with E-state index in [9.17, 15) is 14.9 Å². The van der Waals surface area contributed by atoms with Gasteiger partial charge in [-0.3, -0.25) is 9.59 Å². The van der Waals surface area contributed by atoms with E-state index in [1.54, 1.807) is 68.7 Å². The zero-order chi connectivity index (χ0) is 22.2. The normalized spacial score (nSPS) is 10.1. The van der Waals surface area contributed by atoms with Crippen LogP contribution in [0.15, 0.2) is 77.7 Å². The lowest BCUT2D eigenvalue weighted by atomic mass is 10.1. The summed E-state index contributed by atoms with van der Waals surface area (Å²) >= 11 is 1.05. The average Bonchev–Trinajstić information content (AvgIpc) is 2.79. The number of rotatable bonds is 6. The van der Waals surface area contributed by atoms with E-state index in [1.807, 2.05) is 18.2 Å². The van der Waals surface area contributed by atoms with Crippen LogP contribution in [-0.4, -0.2) is 30.1 Å². The molecule has 156 valence electrons. The summed E-state index contributed by atoms with van der Waals surface area (Å²) in [4.78, 5) is 27.0. The third kappa shape index (κ3) is 5.87. The van der Waals surface area contributed by atoms with E-state index in [4.69, 9.17) is 4.74 Å². The number of hydrogen-bond acceptors (Lipinski definition) is 5. The van der Waals surface area contributed by atoms with Crippen molar-refractivity contribution < 1.29 is 14.3 Å². The number of hydrogen-bond donors (Lipinski definition) is 1. The maximum Gasteiger partial charge on any atom is 0.286 e. The van der Waals surface area contributed by atoms with Gasteiger partial charge >= 0.3 is 0 Å². The number of nitriles is 1. The number of carbonyl (C=O) groups is 2. The Morgan fingerprint density at radius 3 is 2.55 bits per heavy atom. The molecule has 0 aliphatic rings. The number of para-hydroxylation sites is 1. The number of anilines is 1. The molecule has 1 N–H and O–H groups in total. The van der Waals surface area contributed by atoms with Crippen molar-refractivity contribution in [2.24, 2.45) is 0 Å². The molecule has 0 unspecified atom stereocenters. The molecule has 0 aromatic heterocycles. The molecule has 0 aliphatic heterocycles. The van der Waals surface area contributed by atoms with Gasteiger partial charge in [0.15, 0.2) is 0 Å². The monoisotopic (exact) mass is 431 g/mol. The minimum Gasteiger partial charge on any atom is -0.489 e. The Labute approximate surface area is 185 Å². The van der Waals surface area contributed by atoms with E-state index in [2.05, 4.69) is 11.4 Å². The Morgan fingerprint density at radius 2 is 1.77 bits per heavy atom. The smallest absolute Gasteiger partial charge is 0.286 e. The predicted molar refractivity (Wildman–Crippen MR) is 121 cm³/mol. The second-order valence-electron chi connectivity index (χ2n) is 6.80. The van der Waals surface area contributed by atoms with E-state index in [1.165, 1.54) is 4.90 Å². The molecule has 2 amide bonds. The van der Waals surface area contributed by atoms with Gasteiger partial charge in [-0.15, -0.1) is 0 Å². The second kappa shape index (κ2) is 10.3. The summed E-state index contributed by atoms with van der Waals surface area (Å²) in [6, 6.07) is 23.3. The molecular weight excluding hydrogens is 410 g/mol. The van der Waals surface area contributed by atoms with Crippen LogP contribution in [0.5, 0.6) is 5.75 Å². The van der Waals surface area contributed by atoms with Gasteiger partial charge in [-0.05, 0) is 48.2 Å². The van der Waals surface area contributed by atoms with Gasteiger partial charge in [0.1, 0.15) is 12.4 Å². The van der Waals surface area contributed by atoms with Gasteiger partial charge < -0.3 is 15.0 Å². The molecule has 0 fully saturated rings. The maximum atomic E-state index is 12.8. The maximum absolute atomic E-state index is 12.8. The van der Waals surface area contributed by atoms with Crippen LogP contribution in [0.25, 0.3) is 0 Å². The van der Waals surface area contributed by atoms with Crippen LogP contribution in [0.4, 0.5) is 10.5 Å². The molecule has 0 radical (unpaired) electrons. The average molecular weight is 432 g/mol. The fourth-order valence-corrected chi connectivity index (χ4v) is 3.43. The summed E-state index contributed by atoms with van der Waals surface area (Å²) in [5.74, 6) is 0.207. The lowest BCUT2D eigenvalue weighted by molar-refractivity contribution is 0.102. The summed E-state index contributed by atoms with van der Waals surface area (Å²) in [6.45, 7) is 0.223. The highest BCUT2D eigenvalue weighted by molar-refractivity contribution is 8.13. The molecular formula is C24H21N3O3S. The fourth-order valence-electron chi connectivity index (χ4n) is 2.68. The van der Waals surface area contributed by atoms with Crippen molar-refractivity contribution in [2.75, 3.05) is 19.4 Å². The minimum atomic E-state index is -0.312. The Morgan fingerprint density at radius 1 is 1.03 bits per heavy atom. The molecule has 7 heteroatoms. The van der Waals surface area contributed by atoms with Crippen LogP contribution in [0, 0.1) is 11.3 Å². The van der Waals surface area contributed by atoms with Crippen molar-refractivity contribution in [3.63, 3.8) is 0 Å². The Kier molecular flexibility index (Phi) is 7.31. The van der Waals surface area contributed by atoms with Gasteiger partial charge in [-0.1, -0.05) is 36.4 Å². The van der Waals surface area contributed by atoms with Gasteiger partial charge in [0, 0.05) is 30.1 Å². The highest BCUT2D eigenvalue weighted by Crippen LogP contribution is 2.29. The van der Waals surface area contributed by atoms with Crippen molar-refractivity contribution in [3.8, 4) is 11.8 Å². The Bertz CT molecular complexity index is 1140. The van der Waals surface area contributed by atoms with E-state index in [0.717, 1.165) is 17.3 Å². The Balaban J connectivity index is 1.71. The zero-order valence-electron chi connectivity index (χ0n) is 17.2. The first kappa shape index (κ1) is 21.9. The quantitative estimate of drug-likeness (QED) is 0.545. The molecule has 0 bridgehead atoms. The van der Waals surface area contributed by atoms with E-state index in [-0.39, 0.29) is 17.8 Å². The van der Waals surface area contributed by atoms with Crippen LogP contribution in [0.1, 0.15) is 21.5 Å². The van der Waals surface area contributed by atoms with Gasteiger partial charge in [-0.25, -0.2) is 0 Å². The molecule has 0 saturated heterocycles. The van der Waals surface area contributed by atoms with Crippen LogP contribution in [0.3, 0.4) is 0 Å². The van der Waals surface area contributed by atoms with Gasteiger partial charge in [0.2, 0.25) is 0 Å². The molecule has 0 aliphatic carbocycles. The lowest BCUT2D eigenvalue weighted by Crippen LogP contribution is -2.17. The number of ether oxygens (including phenoxy) is 1. The number of thioether (sulfide) groups is 1. The van der Waals surface area contributed by atoms with E-state index < -0.39 is 0 Å². The van der Waals surface area contributed by atoms with Crippen molar-refractivity contribution in [3.05, 3.63) is 89.5 Å². The number of carbonyl (C=O) groups excluding carboxylic acids is 2. The van der Waals surface area contributed by atoms with Crippen LogP contribution >= 0.6 is 11.8 Å². The number of amides is 2. The zero-order valence-corrected chi connectivity index (χ0v) is 18.0. The van der Waals surface area contributed by atoms with Gasteiger partial charge in [0.05, 0.1) is 17.3 Å². The van der Waals surface area contributed by atoms with Gasteiger partial charge in [-0.2, -0.15) is 5.26 Å². The standard InChI is InChI=1S/C24H21N3O3S/c1-27(2)24(29)31-22-13-6-5-12-21(22)26-23(28)17-10-7-11-20(14-17)30-16-19-9-4-3-8-18(19)15-25/h3-14H,16H2,1-2H3,(H,26,28). The van der Waals surface area contributed by atoms with Crippen LogP contribution in [-0.2, 0) is 6.61 Å². The fraction of sp³-hybridized carbons (Fsp3) is 0.125. The van der Waals surface area contributed by atoms with E-state index >= 15 is 0 Å². The van der Waals surface area contributed by atoms with E-state index in [0.29, 0.717) is 27.5 Å². The molecule has 0 spiro atoms. The third-order valence-corrected chi connectivity index (χ3v) is 5.44. The molecule has 6 nitrogen and oxygen atoms in total. The Hall–Kier alpha value is -3.76. The molecule has 3 rings (SSSR count). The predicted octanol–water partition coefficient (Wildman–Crippen LogP) is 5.16. The van der Waals surface area contributed by atoms with Crippen molar-refractivity contribution in [1.29, 1.82) is 5.26 Å². The highest BCUT2D eigenvalue weighted by Gasteiger charge is 2.14. The van der Waals surface area contributed by atoms with Crippen molar-refractivity contribution >= 4 is 28.6 Å². The van der Waals surface area contributed by atoms with Crippen LogP contribution < -0.4 is 10.1 Å². The first-order chi connectivity index (χ1) is 15.0. The minimum absolute atomic E-state index is 0.130. The topological polar surface area (TPSA) is 82.4 Å². The van der Waals surface area contributed by atoms with Crippen LogP contribution in [0.2, 0.25) is 0 Å². The second-order valence-corrected chi connectivity index (χ2v) is 7.79.